The third-order valence-corrected chi connectivity index (χ3v) is 1.86. The van der Waals surface area contributed by atoms with Crippen molar-refractivity contribution in [2.24, 2.45) is 11.8 Å². The maximum atomic E-state index is 3.11. The van der Waals surface area contributed by atoms with Gasteiger partial charge in [-0.15, -0.1) is 5.73 Å². The predicted molar refractivity (Wildman–Crippen MR) is 35.6 cm³/mol. The Morgan fingerprint density at radius 3 is 2.62 bits per heavy atom. The van der Waals surface area contributed by atoms with Crippen molar-refractivity contribution in [3.05, 3.63) is 17.9 Å². The van der Waals surface area contributed by atoms with E-state index in [2.05, 4.69) is 31.7 Å². The third kappa shape index (κ3) is 1.02. The van der Waals surface area contributed by atoms with Gasteiger partial charge < -0.3 is 0 Å². The van der Waals surface area contributed by atoms with Gasteiger partial charge in [-0.25, -0.2) is 0 Å². The van der Waals surface area contributed by atoms with E-state index in [1.165, 1.54) is 6.42 Å². The Morgan fingerprint density at radius 1 is 1.50 bits per heavy atom. The van der Waals surface area contributed by atoms with Crippen LogP contribution in [-0.4, -0.2) is 0 Å². The molecule has 44 valence electrons. The molecule has 2 atom stereocenters. The minimum atomic E-state index is 0.736. The van der Waals surface area contributed by atoms with Gasteiger partial charge in [-0.05, 0) is 30.4 Å². The summed E-state index contributed by atoms with van der Waals surface area (Å²) in [6.45, 7) is 4.52. The Labute approximate surface area is 50.9 Å². The molecule has 0 spiro atoms. The number of hydrogen-bond donors (Lipinski definition) is 0. The zero-order valence-corrected chi connectivity index (χ0v) is 5.52. The van der Waals surface area contributed by atoms with Crippen LogP contribution in [0.15, 0.2) is 17.9 Å². The van der Waals surface area contributed by atoms with Crippen LogP contribution in [0.4, 0.5) is 0 Å². The second-order valence-electron chi connectivity index (χ2n) is 2.61. The lowest BCUT2D eigenvalue weighted by Crippen LogP contribution is -2.05. The molecule has 0 aromatic rings. The molecule has 0 aromatic heterocycles. The van der Waals surface area contributed by atoms with E-state index < -0.39 is 0 Å². The van der Waals surface area contributed by atoms with E-state index in [0.29, 0.717) is 0 Å². The van der Waals surface area contributed by atoms with Crippen LogP contribution in [0.2, 0.25) is 0 Å². The van der Waals surface area contributed by atoms with Crippen molar-refractivity contribution in [1.82, 2.24) is 0 Å². The minimum absolute atomic E-state index is 0.736. The molecule has 2 unspecified atom stereocenters. The van der Waals surface area contributed by atoms with Gasteiger partial charge in [-0.1, -0.05) is 13.8 Å². The summed E-state index contributed by atoms with van der Waals surface area (Å²) in [5.74, 6) is 1.57. The Hall–Kier alpha value is -0.480. The average Bonchev–Trinajstić information content (AvgIpc) is 1.77. The van der Waals surface area contributed by atoms with E-state index in [1.54, 1.807) is 0 Å². The maximum absolute atomic E-state index is 3.11. The van der Waals surface area contributed by atoms with Gasteiger partial charge in [0, 0.05) is 0 Å². The van der Waals surface area contributed by atoms with Crippen LogP contribution < -0.4 is 0 Å². The maximum Gasteiger partial charge on any atom is -0.0157 e. The molecule has 0 aromatic carbocycles. The Balaban J connectivity index is 2.62. The molecule has 0 radical (unpaired) electrons. The fourth-order valence-corrected chi connectivity index (χ4v) is 0.853. The van der Waals surface area contributed by atoms with Gasteiger partial charge in [-0.2, -0.15) is 0 Å². The lowest BCUT2D eigenvalue weighted by Gasteiger charge is -2.14. The van der Waals surface area contributed by atoms with E-state index in [0.717, 1.165) is 11.8 Å². The molecule has 1 aliphatic rings. The molecule has 0 saturated carbocycles. The molecule has 0 heteroatoms. The molecule has 0 amide bonds. The summed E-state index contributed by atoms with van der Waals surface area (Å²) in [6.07, 6.45) is 5.47. The van der Waals surface area contributed by atoms with Crippen molar-refractivity contribution in [3.8, 4) is 0 Å². The fourth-order valence-electron chi connectivity index (χ4n) is 0.853. The first-order valence-corrected chi connectivity index (χ1v) is 3.22. The second-order valence-corrected chi connectivity index (χ2v) is 2.61. The van der Waals surface area contributed by atoms with Gasteiger partial charge in [0.2, 0.25) is 0 Å². The molecule has 0 N–H and O–H groups in total. The fraction of sp³-hybridized carbons (Fsp3) is 0.625. The average molecular weight is 108 g/mol. The molecule has 0 bridgehead atoms. The van der Waals surface area contributed by atoms with Crippen LogP contribution in [0, 0.1) is 11.8 Å². The normalized spacial score (nSPS) is 35.8. The molecule has 8 heavy (non-hydrogen) atoms. The summed E-state index contributed by atoms with van der Waals surface area (Å²) in [4.78, 5) is 0. The summed E-state index contributed by atoms with van der Waals surface area (Å²) in [5.41, 5.74) is 3.11. The monoisotopic (exact) mass is 108 g/mol. The Kier molecular flexibility index (Phi) is 1.55. The van der Waals surface area contributed by atoms with E-state index >= 15 is 0 Å². The highest BCUT2D eigenvalue weighted by atomic mass is 14.1. The number of rotatable bonds is 0. The quantitative estimate of drug-likeness (QED) is 0.418. The second kappa shape index (κ2) is 2.19. The van der Waals surface area contributed by atoms with Crippen molar-refractivity contribution in [1.29, 1.82) is 0 Å². The number of hydrogen-bond acceptors (Lipinski definition) is 0. The molecule has 0 saturated heterocycles. The summed E-state index contributed by atoms with van der Waals surface area (Å²) < 4.78 is 0. The molecule has 1 rings (SSSR count). The van der Waals surface area contributed by atoms with E-state index in [-0.39, 0.29) is 0 Å². The molecule has 0 aliphatic heterocycles. The van der Waals surface area contributed by atoms with Gasteiger partial charge in [0.25, 0.3) is 0 Å². The van der Waals surface area contributed by atoms with Gasteiger partial charge in [-0.3, -0.25) is 0 Å². The van der Waals surface area contributed by atoms with Crippen LogP contribution in [0.5, 0.6) is 0 Å². The lowest BCUT2D eigenvalue weighted by atomic mass is 9.90. The SMILES string of the molecule is CC1C=C=CCC1C. The Morgan fingerprint density at radius 2 is 2.25 bits per heavy atom. The summed E-state index contributed by atoms with van der Waals surface area (Å²) in [5, 5.41) is 0. The van der Waals surface area contributed by atoms with Crippen LogP contribution in [0.3, 0.4) is 0 Å². The van der Waals surface area contributed by atoms with Crippen molar-refractivity contribution < 1.29 is 0 Å². The van der Waals surface area contributed by atoms with Crippen LogP contribution >= 0.6 is 0 Å². The molecular formula is C8H12. The highest BCUT2D eigenvalue weighted by Gasteiger charge is 2.08. The summed E-state index contributed by atoms with van der Waals surface area (Å²) in [7, 11) is 0. The van der Waals surface area contributed by atoms with Crippen LogP contribution in [0.1, 0.15) is 20.3 Å². The zero-order valence-electron chi connectivity index (χ0n) is 5.52. The summed E-state index contributed by atoms with van der Waals surface area (Å²) >= 11 is 0. The van der Waals surface area contributed by atoms with Crippen molar-refractivity contribution in [2.75, 3.05) is 0 Å². The molecule has 0 fully saturated rings. The molecule has 0 heterocycles. The highest BCUT2D eigenvalue weighted by molar-refractivity contribution is 4.96. The molecular weight excluding hydrogens is 96.1 g/mol. The summed E-state index contributed by atoms with van der Waals surface area (Å²) in [6, 6.07) is 0. The molecule has 1 aliphatic carbocycles. The first-order valence-electron chi connectivity index (χ1n) is 3.22. The topological polar surface area (TPSA) is 0 Å². The smallest absolute Gasteiger partial charge is 0.0157 e. The molecule has 0 nitrogen and oxygen atoms in total. The highest BCUT2D eigenvalue weighted by Crippen LogP contribution is 2.18. The largest absolute Gasteiger partial charge is 0.129 e. The van der Waals surface area contributed by atoms with E-state index in [9.17, 15) is 0 Å². The number of allylic oxidation sites excluding steroid dienone is 1. The van der Waals surface area contributed by atoms with Gasteiger partial charge in [0.05, 0.1) is 0 Å². The van der Waals surface area contributed by atoms with Crippen LogP contribution in [-0.2, 0) is 0 Å². The van der Waals surface area contributed by atoms with Gasteiger partial charge >= 0.3 is 0 Å². The van der Waals surface area contributed by atoms with Gasteiger partial charge in [0.15, 0.2) is 0 Å². The first kappa shape index (κ1) is 5.65. The standard InChI is InChI=1S/C8H12/c1-7-5-3-4-6-8(7)2/h3,6-8H,5H2,1-2H3. The predicted octanol–water partition coefficient (Wildman–Crippen LogP) is 2.37. The third-order valence-electron chi connectivity index (χ3n) is 1.86. The minimum Gasteiger partial charge on any atom is -0.129 e. The van der Waals surface area contributed by atoms with Crippen molar-refractivity contribution >= 4 is 0 Å². The van der Waals surface area contributed by atoms with Crippen LogP contribution in [0.25, 0.3) is 0 Å². The van der Waals surface area contributed by atoms with Gasteiger partial charge in [0.1, 0.15) is 0 Å². The Bertz CT molecular complexity index is 127. The first-order chi connectivity index (χ1) is 3.80. The van der Waals surface area contributed by atoms with Crippen molar-refractivity contribution in [3.63, 3.8) is 0 Å². The van der Waals surface area contributed by atoms with E-state index in [4.69, 9.17) is 0 Å². The zero-order chi connectivity index (χ0) is 5.98. The van der Waals surface area contributed by atoms with Crippen molar-refractivity contribution in [2.45, 2.75) is 20.3 Å². The van der Waals surface area contributed by atoms with E-state index in [1.807, 2.05) is 0 Å². The lowest BCUT2D eigenvalue weighted by molar-refractivity contribution is 0.459.